The zero-order chi connectivity index (χ0) is 12.4. The number of aryl methyl sites for hydroxylation is 2. The molecule has 0 aromatic carbocycles. The molecule has 1 aromatic heterocycles. The van der Waals surface area contributed by atoms with E-state index < -0.39 is 0 Å². The Balaban J connectivity index is 1.85. The van der Waals surface area contributed by atoms with Crippen LogP contribution in [-0.2, 0) is 6.54 Å². The van der Waals surface area contributed by atoms with E-state index >= 15 is 0 Å². The first kappa shape index (κ1) is 13.1. The summed E-state index contributed by atoms with van der Waals surface area (Å²) >= 11 is 1.94. The Morgan fingerprint density at radius 3 is 2.35 bits per heavy atom. The first-order valence-electron chi connectivity index (χ1n) is 6.84. The first-order chi connectivity index (χ1) is 8.04. The van der Waals surface area contributed by atoms with Gasteiger partial charge >= 0.3 is 0 Å². The minimum absolute atomic E-state index is 0.733. The van der Waals surface area contributed by atoms with Crippen LogP contribution in [0.1, 0.15) is 48.4 Å². The van der Waals surface area contributed by atoms with Crippen LogP contribution >= 0.6 is 11.3 Å². The maximum Gasteiger partial charge on any atom is 0.0302 e. The monoisotopic (exact) mass is 251 g/mol. The Hall–Kier alpha value is -0.340. The third-order valence-corrected chi connectivity index (χ3v) is 5.11. The standard InChI is InChI=1S/C15H25NS/c1-10-5-11(2)7-14(6-10)16-9-15-8-12(3)13(4)17-15/h8,10-11,14,16H,5-7,9H2,1-4H3. The fourth-order valence-electron chi connectivity index (χ4n) is 3.10. The van der Waals surface area contributed by atoms with E-state index in [0.29, 0.717) is 0 Å². The third-order valence-electron chi connectivity index (χ3n) is 3.96. The molecule has 2 atom stereocenters. The molecule has 1 saturated carbocycles. The molecule has 2 unspecified atom stereocenters. The van der Waals surface area contributed by atoms with E-state index in [0.717, 1.165) is 24.4 Å². The van der Waals surface area contributed by atoms with Crippen LogP contribution in [0.5, 0.6) is 0 Å². The molecule has 2 rings (SSSR count). The second-order valence-corrected chi connectivity index (χ2v) is 7.29. The topological polar surface area (TPSA) is 12.0 Å². The number of hydrogen-bond acceptors (Lipinski definition) is 2. The van der Waals surface area contributed by atoms with E-state index in [1.165, 1.54) is 34.6 Å². The molecule has 2 heteroatoms. The fourth-order valence-corrected chi connectivity index (χ4v) is 4.10. The van der Waals surface area contributed by atoms with Crippen LogP contribution in [0, 0.1) is 25.7 Å². The lowest BCUT2D eigenvalue weighted by atomic mass is 9.80. The maximum atomic E-state index is 3.75. The molecule has 0 spiro atoms. The predicted octanol–water partition coefficient (Wildman–Crippen LogP) is 4.28. The van der Waals surface area contributed by atoms with Crippen LogP contribution in [0.15, 0.2) is 6.07 Å². The van der Waals surface area contributed by atoms with E-state index in [-0.39, 0.29) is 0 Å². The first-order valence-corrected chi connectivity index (χ1v) is 7.65. The van der Waals surface area contributed by atoms with Gasteiger partial charge in [0.25, 0.3) is 0 Å². The van der Waals surface area contributed by atoms with Crippen LogP contribution in [0.4, 0.5) is 0 Å². The molecular weight excluding hydrogens is 226 g/mol. The highest BCUT2D eigenvalue weighted by Gasteiger charge is 2.23. The molecule has 1 N–H and O–H groups in total. The summed E-state index contributed by atoms with van der Waals surface area (Å²) in [5.74, 6) is 1.78. The molecule has 1 nitrogen and oxygen atoms in total. The molecule has 0 bridgehead atoms. The van der Waals surface area contributed by atoms with Crippen molar-refractivity contribution in [1.82, 2.24) is 5.32 Å². The zero-order valence-electron chi connectivity index (χ0n) is 11.5. The van der Waals surface area contributed by atoms with Gasteiger partial charge in [0.15, 0.2) is 0 Å². The average Bonchev–Trinajstić information content (AvgIpc) is 2.54. The van der Waals surface area contributed by atoms with Crippen molar-refractivity contribution < 1.29 is 0 Å². The smallest absolute Gasteiger partial charge is 0.0302 e. The largest absolute Gasteiger partial charge is 0.309 e. The quantitative estimate of drug-likeness (QED) is 0.845. The molecule has 0 radical (unpaired) electrons. The molecule has 0 aliphatic heterocycles. The highest BCUT2D eigenvalue weighted by molar-refractivity contribution is 7.12. The van der Waals surface area contributed by atoms with Gasteiger partial charge < -0.3 is 5.32 Å². The van der Waals surface area contributed by atoms with Crippen molar-refractivity contribution in [1.29, 1.82) is 0 Å². The van der Waals surface area contributed by atoms with Crippen LogP contribution in [0.3, 0.4) is 0 Å². The van der Waals surface area contributed by atoms with Gasteiger partial charge in [0.1, 0.15) is 0 Å². The van der Waals surface area contributed by atoms with Crippen molar-refractivity contribution in [2.24, 2.45) is 11.8 Å². The molecule has 1 aliphatic rings. The SMILES string of the molecule is Cc1cc(CNC2CC(C)CC(C)C2)sc1C. The molecule has 0 saturated heterocycles. The molecule has 96 valence electrons. The van der Waals surface area contributed by atoms with Gasteiger partial charge in [0.2, 0.25) is 0 Å². The van der Waals surface area contributed by atoms with Crippen LogP contribution in [0.25, 0.3) is 0 Å². The Morgan fingerprint density at radius 1 is 1.18 bits per heavy atom. The van der Waals surface area contributed by atoms with E-state index in [4.69, 9.17) is 0 Å². The van der Waals surface area contributed by atoms with Gasteiger partial charge in [0, 0.05) is 22.3 Å². The molecule has 17 heavy (non-hydrogen) atoms. The lowest BCUT2D eigenvalue weighted by Gasteiger charge is -2.32. The van der Waals surface area contributed by atoms with Crippen molar-refractivity contribution in [3.63, 3.8) is 0 Å². The van der Waals surface area contributed by atoms with Crippen molar-refractivity contribution >= 4 is 11.3 Å². The molecule has 0 amide bonds. The zero-order valence-corrected chi connectivity index (χ0v) is 12.4. The summed E-state index contributed by atoms with van der Waals surface area (Å²) < 4.78 is 0. The summed E-state index contributed by atoms with van der Waals surface area (Å²) in [5, 5.41) is 3.75. The van der Waals surface area contributed by atoms with Crippen molar-refractivity contribution in [3.05, 3.63) is 21.4 Å². The van der Waals surface area contributed by atoms with Gasteiger partial charge in [-0.2, -0.15) is 0 Å². The van der Waals surface area contributed by atoms with E-state index in [9.17, 15) is 0 Å². The second kappa shape index (κ2) is 5.53. The van der Waals surface area contributed by atoms with Gasteiger partial charge in [-0.15, -0.1) is 11.3 Å². The highest BCUT2D eigenvalue weighted by atomic mass is 32.1. The van der Waals surface area contributed by atoms with E-state index in [1.807, 2.05) is 11.3 Å². The van der Waals surface area contributed by atoms with Crippen LogP contribution < -0.4 is 5.32 Å². The normalized spacial score (nSPS) is 29.5. The van der Waals surface area contributed by atoms with Crippen molar-refractivity contribution in [2.45, 2.75) is 59.5 Å². The number of rotatable bonds is 3. The number of hydrogen-bond donors (Lipinski definition) is 1. The van der Waals surface area contributed by atoms with E-state index in [2.05, 4.69) is 39.1 Å². The van der Waals surface area contributed by atoms with Crippen molar-refractivity contribution in [2.75, 3.05) is 0 Å². The molecule has 1 fully saturated rings. The summed E-state index contributed by atoms with van der Waals surface area (Å²) in [6.45, 7) is 10.3. The number of nitrogens with one attached hydrogen (secondary N) is 1. The molecule has 1 aliphatic carbocycles. The minimum atomic E-state index is 0.733. The maximum absolute atomic E-state index is 3.75. The second-order valence-electron chi connectivity index (χ2n) is 5.95. The van der Waals surface area contributed by atoms with Crippen LogP contribution in [-0.4, -0.2) is 6.04 Å². The fraction of sp³-hybridized carbons (Fsp3) is 0.733. The lowest BCUT2D eigenvalue weighted by Crippen LogP contribution is -2.35. The van der Waals surface area contributed by atoms with E-state index in [1.54, 1.807) is 0 Å². The average molecular weight is 251 g/mol. The Labute approximate surface area is 110 Å². The predicted molar refractivity (Wildman–Crippen MR) is 76.6 cm³/mol. The van der Waals surface area contributed by atoms with Gasteiger partial charge in [-0.25, -0.2) is 0 Å². The number of thiophene rings is 1. The summed E-state index contributed by atoms with van der Waals surface area (Å²) in [7, 11) is 0. The molecule has 1 aromatic rings. The molecular formula is C15H25NS. The van der Waals surface area contributed by atoms with Gasteiger partial charge in [-0.1, -0.05) is 13.8 Å². The third kappa shape index (κ3) is 3.56. The minimum Gasteiger partial charge on any atom is -0.309 e. The van der Waals surface area contributed by atoms with Gasteiger partial charge in [0.05, 0.1) is 0 Å². The van der Waals surface area contributed by atoms with Gasteiger partial charge in [-0.05, 0) is 56.6 Å². The summed E-state index contributed by atoms with van der Waals surface area (Å²) in [4.78, 5) is 2.96. The summed E-state index contributed by atoms with van der Waals surface area (Å²) in [5.41, 5.74) is 1.44. The summed E-state index contributed by atoms with van der Waals surface area (Å²) in [6.07, 6.45) is 4.12. The Kier molecular flexibility index (Phi) is 4.26. The van der Waals surface area contributed by atoms with Crippen molar-refractivity contribution in [3.8, 4) is 0 Å². The highest BCUT2D eigenvalue weighted by Crippen LogP contribution is 2.29. The van der Waals surface area contributed by atoms with Gasteiger partial charge in [-0.3, -0.25) is 0 Å². The van der Waals surface area contributed by atoms with Crippen LogP contribution in [0.2, 0.25) is 0 Å². The summed E-state index contributed by atoms with van der Waals surface area (Å²) in [6, 6.07) is 3.07. The molecule has 1 heterocycles. The Morgan fingerprint density at radius 2 is 1.82 bits per heavy atom. The lowest BCUT2D eigenvalue weighted by molar-refractivity contribution is 0.238. The Bertz CT molecular complexity index is 339.